The molecule has 1 N–H and O–H groups in total. The topological polar surface area (TPSA) is 59.2 Å². The Bertz CT molecular complexity index is 384. The summed E-state index contributed by atoms with van der Waals surface area (Å²) >= 11 is 0. The number of aliphatic hydroxyl groups is 1. The Morgan fingerprint density at radius 2 is 2.00 bits per heavy atom. The molecule has 0 bridgehead atoms. The molecule has 2 rings (SSSR count). The molecule has 0 aliphatic carbocycles. The minimum atomic E-state index is -0.222. The zero-order valence-corrected chi connectivity index (χ0v) is 6.84. The molecule has 1 aromatic carbocycles. The monoisotopic (exact) mass is 176 g/mol. The predicted octanol–water partition coefficient (Wildman–Crippen LogP) is 1.23. The molecule has 0 saturated carbocycles. The summed E-state index contributed by atoms with van der Waals surface area (Å²) in [5, 5.41) is 12.4. The molecule has 0 spiro atoms. The van der Waals surface area contributed by atoms with Gasteiger partial charge in [-0.3, -0.25) is 0 Å². The number of rotatable bonds is 2. The number of benzene rings is 1. The van der Waals surface area contributed by atoms with Crippen molar-refractivity contribution in [2.45, 2.75) is 6.61 Å². The highest BCUT2D eigenvalue weighted by Crippen LogP contribution is 2.14. The average molecular weight is 176 g/mol. The van der Waals surface area contributed by atoms with Gasteiger partial charge in [-0.15, -0.1) is 0 Å². The molecule has 0 fully saturated rings. The second-order valence-corrected chi connectivity index (χ2v) is 2.54. The Labute approximate surface area is 74.8 Å². The van der Waals surface area contributed by atoms with Gasteiger partial charge in [0.2, 0.25) is 5.82 Å². The Morgan fingerprint density at radius 1 is 1.23 bits per heavy atom. The fourth-order valence-electron chi connectivity index (χ4n) is 1.02. The predicted molar refractivity (Wildman–Crippen MR) is 45.7 cm³/mol. The zero-order valence-electron chi connectivity index (χ0n) is 6.84. The number of aromatic nitrogens is 2. The summed E-state index contributed by atoms with van der Waals surface area (Å²) in [6, 6.07) is 9.46. The number of hydrogen-bond donors (Lipinski definition) is 1. The molecule has 13 heavy (non-hydrogen) atoms. The van der Waals surface area contributed by atoms with Crippen LogP contribution in [0.1, 0.15) is 5.89 Å². The third-order valence-electron chi connectivity index (χ3n) is 1.64. The van der Waals surface area contributed by atoms with Crippen LogP contribution in [0.4, 0.5) is 0 Å². The first-order valence-electron chi connectivity index (χ1n) is 3.89. The van der Waals surface area contributed by atoms with Gasteiger partial charge in [0.05, 0.1) is 0 Å². The molecule has 0 aliphatic heterocycles. The van der Waals surface area contributed by atoms with Gasteiger partial charge in [0.1, 0.15) is 6.61 Å². The fraction of sp³-hybridized carbons (Fsp3) is 0.111. The summed E-state index contributed by atoms with van der Waals surface area (Å²) in [6.07, 6.45) is 0. The van der Waals surface area contributed by atoms with Crippen molar-refractivity contribution in [2.24, 2.45) is 0 Å². The van der Waals surface area contributed by atoms with E-state index in [0.29, 0.717) is 5.82 Å². The van der Waals surface area contributed by atoms with E-state index in [9.17, 15) is 0 Å². The molecular formula is C9H8N2O2. The standard InChI is InChI=1S/C9H8N2O2/c12-6-8-10-9(11-13-8)7-4-2-1-3-5-7/h1-5,12H,6H2. The molecule has 66 valence electrons. The van der Waals surface area contributed by atoms with Crippen molar-refractivity contribution in [2.75, 3.05) is 0 Å². The zero-order chi connectivity index (χ0) is 9.10. The van der Waals surface area contributed by atoms with Gasteiger partial charge >= 0.3 is 0 Å². The maximum Gasteiger partial charge on any atom is 0.252 e. The van der Waals surface area contributed by atoms with Crippen molar-refractivity contribution in [3.63, 3.8) is 0 Å². The lowest BCUT2D eigenvalue weighted by Crippen LogP contribution is -1.82. The number of hydrogen-bond acceptors (Lipinski definition) is 4. The van der Waals surface area contributed by atoms with Crippen LogP contribution in [0.2, 0.25) is 0 Å². The second-order valence-electron chi connectivity index (χ2n) is 2.54. The van der Waals surface area contributed by atoms with Crippen molar-refractivity contribution in [3.05, 3.63) is 36.2 Å². The van der Waals surface area contributed by atoms with Gasteiger partial charge in [0.15, 0.2) is 0 Å². The lowest BCUT2D eigenvalue weighted by atomic mass is 10.2. The van der Waals surface area contributed by atoms with Crippen LogP contribution in [-0.2, 0) is 6.61 Å². The van der Waals surface area contributed by atoms with Gasteiger partial charge in [-0.05, 0) is 0 Å². The van der Waals surface area contributed by atoms with Crippen LogP contribution in [-0.4, -0.2) is 15.2 Å². The maximum absolute atomic E-state index is 8.70. The van der Waals surface area contributed by atoms with Gasteiger partial charge in [0, 0.05) is 5.56 Å². The SMILES string of the molecule is OCc1nc(-c2ccccc2)no1. The van der Waals surface area contributed by atoms with Crippen molar-refractivity contribution in [1.29, 1.82) is 0 Å². The number of aliphatic hydroxyl groups excluding tert-OH is 1. The Kier molecular flexibility index (Phi) is 2.06. The van der Waals surface area contributed by atoms with Crippen molar-refractivity contribution >= 4 is 0 Å². The third kappa shape index (κ3) is 1.57. The summed E-state index contributed by atoms with van der Waals surface area (Å²) in [7, 11) is 0. The molecule has 0 aliphatic rings. The van der Waals surface area contributed by atoms with Crippen molar-refractivity contribution in [1.82, 2.24) is 10.1 Å². The fourth-order valence-corrected chi connectivity index (χ4v) is 1.02. The first kappa shape index (κ1) is 7.94. The Hall–Kier alpha value is -1.68. The lowest BCUT2D eigenvalue weighted by Gasteiger charge is -1.89. The van der Waals surface area contributed by atoms with E-state index in [1.165, 1.54) is 0 Å². The molecule has 0 unspecified atom stereocenters. The van der Waals surface area contributed by atoms with E-state index in [0.717, 1.165) is 5.56 Å². The van der Waals surface area contributed by atoms with E-state index < -0.39 is 0 Å². The van der Waals surface area contributed by atoms with E-state index in [2.05, 4.69) is 10.1 Å². The highest BCUT2D eigenvalue weighted by molar-refractivity contribution is 5.53. The van der Waals surface area contributed by atoms with Gasteiger partial charge in [0.25, 0.3) is 5.89 Å². The minimum absolute atomic E-state index is 0.222. The van der Waals surface area contributed by atoms with E-state index in [1.807, 2.05) is 30.3 Å². The maximum atomic E-state index is 8.70. The summed E-state index contributed by atoms with van der Waals surface area (Å²) < 4.78 is 4.76. The van der Waals surface area contributed by atoms with Gasteiger partial charge in [-0.2, -0.15) is 4.98 Å². The van der Waals surface area contributed by atoms with Crippen LogP contribution in [0.25, 0.3) is 11.4 Å². The number of nitrogens with zero attached hydrogens (tertiary/aromatic N) is 2. The van der Waals surface area contributed by atoms with E-state index in [4.69, 9.17) is 9.63 Å². The average Bonchev–Trinajstić information content (AvgIpc) is 2.67. The molecule has 1 aromatic heterocycles. The normalized spacial score (nSPS) is 10.2. The van der Waals surface area contributed by atoms with Crippen LogP contribution in [0.3, 0.4) is 0 Å². The smallest absolute Gasteiger partial charge is 0.252 e. The van der Waals surface area contributed by atoms with Crippen LogP contribution in [0.5, 0.6) is 0 Å². The highest BCUT2D eigenvalue weighted by Gasteiger charge is 2.05. The molecule has 0 saturated heterocycles. The van der Waals surface area contributed by atoms with Gasteiger partial charge in [-0.1, -0.05) is 35.5 Å². The molecule has 1 heterocycles. The molecule has 2 aromatic rings. The van der Waals surface area contributed by atoms with E-state index in [-0.39, 0.29) is 12.5 Å². The quantitative estimate of drug-likeness (QED) is 0.747. The Morgan fingerprint density at radius 3 is 2.62 bits per heavy atom. The van der Waals surface area contributed by atoms with Gasteiger partial charge < -0.3 is 9.63 Å². The molecule has 4 nitrogen and oxygen atoms in total. The molecule has 0 radical (unpaired) electrons. The Balaban J connectivity index is 2.36. The van der Waals surface area contributed by atoms with Gasteiger partial charge in [-0.25, -0.2) is 0 Å². The van der Waals surface area contributed by atoms with E-state index in [1.54, 1.807) is 0 Å². The molecular weight excluding hydrogens is 168 g/mol. The minimum Gasteiger partial charge on any atom is -0.387 e. The lowest BCUT2D eigenvalue weighted by molar-refractivity contribution is 0.222. The van der Waals surface area contributed by atoms with Crippen molar-refractivity contribution < 1.29 is 9.63 Å². The molecule has 0 atom stereocenters. The summed E-state index contributed by atoms with van der Waals surface area (Å²) in [5.41, 5.74) is 0.881. The van der Waals surface area contributed by atoms with Crippen LogP contribution in [0, 0.1) is 0 Å². The molecule has 4 heteroatoms. The summed E-state index contributed by atoms with van der Waals surface area (Å²) in [4.78, 5) is 3.97. The van der Waals surface area contributed by atoms with Crippen LogP contribution in [0.15, 0.2) is 34.9 Å². The highest BCUT2D eigenvalue weighted by atomic mass is 16.5. The van der Waals surface area contributed by atoms with Crippen LogP contribution < -0.4 is 0 Å². The van der Waals surface area contributed by atoms with Crippen molar-refractivity contribution in [3.8, 4) is 11.4 Å². The first-order valence-corrected chi connectivity index (χ1v) is 3.89. The molecule has 0 amide bonds. The largest absolute Gasteiger partial charge is 0.387 e. The first-order chi connectivity index (χ1) is 6.40. The van der Waals surface area contributed by atoms with E-state index >= 15 is 0 Å². The van der Waals surface area contributed by atoms with Crippen LogP contribution >= 0.6 is 0 Å². The summed E-state index contributed by atoms with van der Waals surface area (Å²) in [6.45, 7) is -0.222. The second kappa shape index (κ2) is 3.37. The summed E-state index contributed by atoms with van der Waals surface area (Å²) in [5.74, 6) is 0.739. The third-order valence-corrected chi connectivity index (χ3v) is 1.64.